The molecule has 1 aliphatic rings. The third kappa shape index (κ3) is 3.37. The fraction of sp³-hybridized carbons (Fsp3) is 0.647. The molecule has 1 aromatic carbocycles. The number of benzene rings is 1. The van der Waals surface area contributed by atoms with Crippen molar-refractivity contribution in [3.05, 3.63) is 27.7 Å². The van der Waals surface area contributed by atoms with E-state index in [1.54, 1.807) is 0 Å². The highest BCUT2D eigenvalue weighted by Gasteiger charge is 2.27. The zero-order valence-corrected chi connectivity index (χ0v) is 14.4. The number of rotatable bonds is 7. The van der Waals surface area contributed by atoms with Gasteiger partial charge in [0.05, 0.1) is 6.61 Å². The van der Waals surface area contributed by atoms with E-state index in [1.165, 1.54) is 28.4 Å². The van der Waals surface area contributed by atoms with E-state index in [4.69, 9.17) is 4.74 Å². The van der Waals surface area contributed by atoms with Crippen molar-refractivity contribution in [1.29, 1.82) is 0 Å². The van der Waals surface area contributed by atoms with E-state index < -0.39 is 0 Å². The predicted octanol–water partition coefficient (Wildman–Crippen LogP) is 4.86. The Kier molecular flexibility index (Phi) is 5.91. The first-order valence-corrected chi connectivity index (χ1v) is 8.69. The van der Waals surface area contributed by atoms with Gasteiger partial charge in [0.15, 0.2) is 0 Å². The van der Waals surface area contributed by atoms with Crippen molar-refractivity contribution < 1.29 is 4.74 Å². The Labute approximate surface area is 131 Å². The van der Waals surface area contributed by atoms with E-state index in [-0.39, 0.29) is 0 Å². The van der Waals surface area contributed by atoms with Gasteiger partial charge in [0.1, 0.15) is 5.75 Å². The Morgan fingerprint density at radius 3 is 2.65 bits per heavy atom. The molecule has 0 amide bonds. The molecule has 1 unspecified atom stereocenters. The minimum absolute atomic E-state index is 0.397. The van der Waals surface area contributed by atoms with Crippen molar-refractivity contribution in [3.8, 4) is 5.75 Å². The minimum atomic E-state index is 0.397. The number of ether oxygens (including phenoxy) is 1. The molecule has 0 radical (unpaired) electrons. The lowest BCUT2D eigenvalue weighted by Crippen LogP contribution is -2.29. The summed E-state index contributed by atoms with van der Waals surface area (Å²) in [5, 5.41) is 3.74. The zero-order chi connectivity index (χ0) is 14.5. The number of halogens is 1. The van der Waals surface area contributed by atoms with Gasteiger partial charge in [0, 0.05) is 22.5 Å². The van der Waals surface area contributed by atoms with Crippen LogP contribution >= 0.6 is 15.9 Å². The first kappa shape index (κ1) is 15.8. The molecule has 112 valence electrons. The summed E-state index contributed by atoms with van der Waals surface area (Å²) in [5.41, 5.74) is 2.69. The molecular formula is C17H26BrNO. The van der Waals surface area contributed by atoms with Crippen molar-refractivity contribution in [2.45, 2.75) is 52.5 Å². The summed E-state index contributed by atoms with van der Waals surface area (Å²) in [6, 6.07) is 4.85. The monoisotopic (exact) mass is 339 g/mol. The molecule has 1 heterocycles. The smallest absolute Gasteiger partial charge is 0.127 e. The summed E-state index contributed by atoms with van der Waals surface area (Å²) in [6.45, 7) is 8.67. The fourth-order valence-corrected chi connectivity index (χ4v) is 3.64. The molecule has 1 aromatic rings. The second kappa shape index (κ2) is 7.46. The van der Waals surface area contributed by atoms with E-state index in [1.807, 2.05) is 0 Å². The number of hydrogen-bond donors (Lipinski definition) is 1. The van der Waals surface area contributed by atoms with Crippen molar-refractivity contribution in [2.24, 2.45) is 5.92 Å². The Hall–Kier alpha value is -0.540. The van der Waals surface area contributed by atoms with Crippen LogP contribution in [0.1, 0.15) is 57.2 Å². The molecule has 1 aliphatic heterocycles. The average Bonchev–Trinajstić information content (AvgIpc) is 2.90. The fourth-order valence-electron chi connectivity index (χ4n) is 3.12. The topological polar surface area (TPSA) is 21.3 Å². The highest BCUT2D eigenvalue weighted by Crippen LogP contribution is 2.40. The third-order valence-corrected chi connectivity index (χ3v) is 4.70. The Morgan fingerprint density at radius 2 is 2.00 bits per heavy atom. The minimum Gasteiger partial charge on any atom is -0.493 e. The van der Waals surface area contributed by atoms with Crippen LogP contribution in [-0.4, -0.2) is 13.2 Å². The van der Waals surface area contributed by atoms with Gasteiger partial charge in [-0.1, -0.05) is 49.5 Å². The quantitative estimate of drug-likeness (QED) is 0.765. The van der Waals surface area contributed by atoms with E-state index in [9.17, 15) is 0 Å². The largest absolute Gasteiger partial charge is 0.493 e. The first-order chi connectivity index (χ1) is 9.71. The maximum atomic E-state index is 5.92. The van der Waals surface area contributed by atoms with Crippen molar-refractivity contribution in [1.82, 2.24) is 5.32 Å². The van der Waals surface area contributed by atoms with Crippen LogP contribution in [0.3, 0.4) is 0 Å². The van der Waals surface area contributed by atoms with Gasteiger partial charge < -0.3 is 10.1 Å². The number of nitrogens with one attached hydrogen (secondary N) is 1. The van der Waals surface area contributed by atoms with Crippen LogP contribution in [-0.2, 0) is 6.42 Å². The van der Waals surface area contributed by atoms with E-state index in [0.717, 1.165) is 31.7 Å². The molecule has 0 aliphatic carbocycles. The van der Waals surface area contributed by atoms with Gasteiger partial charge in [-0.25, -0.2) is 0 Å². The molecule has 2 rings (SSSR count). The van der Waals surface area contributed by atoms with Crippen LogP contribution in [0.25, 0.3) is 0 Å². The lowest BCUT2D eigenvalue weighted by Gasteiger charge is -2.28. The van der Waals surface area contributed by atoms with Crippen LogP contribution in [0, 0.1) is 5.92 Å². The first-order valence-electron chi connectivity index (χ1n) is 7.89. The van der Waals surface area contributed by atoms with Gasteiger partial charge in [0.25, 0.3) is 0 Å². The summed E-state index contributed by atoms with van der Waals surface area (Å²) < 4.78 is 7.10. The van der Waals surface area contributed by atoms with Crippen molar-refractivity contribution >= 4 is 15.9 Å². The summed E-state index contributed by atoms with van der Waals surface area (Å²) in [4.78, 5) is 0. The summed E-state index contributed by atoms with van der Waals surface area (Å²) >= 11 is 3.66. The molecule has 0 spiro atoms. The van der Waals surface area contributed by atoms with Gasteiger partial charge in [-0.15, -0.1) is 0 Å². The standard InChI is InChI=1S/C17H26BrNO/c1-4-8-19-16(12(5-2)6-3)15-11-14(18)10-13-7-9-20-17(13)15/h10-12,16,19H,4-9H2,1-3H3. The lowest BCUT2D eigenvalue weighted by molar-refractivity contribution is 0.314. The molecule has 1 N–H and O–H groups in total. The molecule has 0 fully saturated rings. The SMILES string of the molecule is CCCNC(c1cc(Br)cc2c1OCC2)C(CC)CC. The molecule has 0 aromatic heterocycles. The van der Waals surface area contributed by atoms with E-state index in [2.05, 4.69) is 54.2 Å². The van der Waals surface area contributed by atoms with Gasteiger partial charge >= 0.3 is 0 Å². The third-order valence-electron chi connectivity index (χ3n) is 4.25. The average molecular weight is 340 g/mol. The summed E-state index contributed by atoms with van der Waals surface area (Å²) in [7, 11) is 0. The van der Waals surface area contributed by atoms with Crippen LogP contribution in [0.15, 0.2) is 16.6 Å². The second-order valence-corrected chi connectivity index (χ2v) is 6.51. The van der Waals surface area contributed by atoms with Gasteiger partial charge in [0.2, 0.25) is 0 Å². The van der Waals surface area contributed by atoms with Crippen molar-refractivity contribution in [3.63, 3.8) is 0 Å². The summed E-state index contributed by atoms with van der Waals surface area (Å²) in [5.74, 6) is 1.79. The zero-order valence-electron chi connectivity index (χ0n) is 12.8. The highest BCUT2D eigenvalue weighted by molar-refractivity contribution is 9.10. The Morgan fingerprint density at radius 1 is 1.25 bits per heavy atom. The number of fused-ring (bicyclic) bond motifs is 1. The molecule has 0 bridgehead atoms. The normalized spacial score (nSPS) is 15.2. The van der Waals surface area contributed by atoms with Crippen LogP contribution in [0.2, 0.25) is 0 Å². The predicted molar refractivity (Wildman–Crippen MR) is 88.4 cm³/mol. The molecule has 0 saturated carbocycles. The maximum Gasteiger partial charge on any atom is 0.127 e. The van der Waals surface area contributed by atoms with Crippen molar-refractivity contribution in [2.75, 3.05) is 13.2 Å². The Balaban J connectivity index is 2.37. The summed E-state index contributed by atoms with van der Waals surface area (Å²) in [6.07, 6.45) is 4.58. The van der Waals surface area contributed by atoms with Crippen LogP contribution in [0.4, 0.5) is 0 Å². The van der Waals surface area contributed by atoms with Gasteiger partial charge in [-0.05, 0) is 36.6 Å². The van der Waals surface area contributed by atoms with Gasteiger partial charge in [-0.3, -0.25) is 0 Å². The van der Waals surface area contributed by atoms with Crippen LogP contribution < -0.4 is 10.1 Å². The van der Waals surface area contributed by atoms with E-state index >= 15 is 0 Å². The molecule has 3 heteroatoms. The molecule has 0 saturated heterocycles. The molecular weight excluding hydrogens is 314 g/mol. The molecule has 20 heavy (non-hydrogen) atoms. The number of hydrogen-bond acceptors (Lipinski definition) is 2. The maximum absolute atomic E-state index is 5.92. The van der Waals surface area contributed by atoms with Gasteiger partial charge in [-0.2, -0.15) is 0 Å². The highest BCUT2D eigenvalue weighted by atomic mass is 79.9. The lowest BCUT2D eigenvalue weighted by atomic mass is 9.87. The van der Waals surface area contributed by atoms with Crippen LogP contribution in [0.5, 0.6) is 5.75 Å². The Bertz CT molecular complexity index is 443. The molecule has 2 nitrogen and oxygen atoms in total. The van der Waals surface area contributed by atoms with E-state index in [0.29, 0.717) is 12.0 Å². The molecule has 1 atom stereocenters. The second-order valence-electron chi connectivity index (χ2n) is 5.59.